The summed E-state index contributed by atoms with van der Waals surface area (Å²) in [5.74, 6) is 0. The molecule has 2 nitrogen and oxygen atoms in total. The monoisotopic (exact) mass is 263 g/mol. The number of hydrogen-bond donors (Lipinski definition) is 2. The molecule has 0 heterocycles. The molecule has 0 saturated heterocycles. The summed E-state index contributed by atoms with van der Waals surface area (Å²) < 4.78 is 0. The lowest BCUT2D eigenvalue weighted by Crippen LogP contribution is -2.26. The molecule has 1 aromatic carbocycles. The Hall–Kier alpha value is -0.860. The van der Waals surface area contributed by atoms with Crippen molar-refractivity contribution in [3.05, 3.63) is 35.9 Å². The maximum absolute atomic E-state index is 9.87. The van der Waals surface area contributed by atoms with E-state index in [-0.39, 0.29) is 6.10 Å². The number of hydrogen-bond acceptors (Lipinski definition) is 2. The molecule has 0 aromatic heterocycles. The van der Waals surface area contributed by atoms with Crippen molar-refractivity contribution in [2.45, 2.75) is 64.5 Å². The van der Waals surface area contributed by atoms with Crippen molar-refractivity contribution < 1.29 is 5.11 Å². The maximum Gasteiger partial charge on any atom is 0.0664 e. The van der Waals surface area contributed by atoms with E-state index >= 15 is 0 Å². The van der Waals surface area contributed by atoms with Gasteiger partial charge in [-0.2, -0.15) is 0 Å². The van der Waals surface area contributed by atoms with Crippen LogP contribution in [0.5, 0.6) is 0 Å². The highest BCUT2D eigenvalue weighted by molar-refractivity contribution is 5.14. The van der Waals surface area contributed by atoms with Crippen molar-refractivity contribution in [3.63, 3.8) is 0 Å². The number of benzene rings is 1. The van der Waals surface area contributed by atoms with Crippen LogP contribution in [0.2, 0.25) is 0 Å². The predicted octanol–water partition coefficient (Wildman–Crippen LogP) is 3.89. The minimum absolute atomic E-state index is 0.199. The second-order valence-electron chi connectivity index (χ2n) is 5.33. The van der Waals surface area contributed by atoms with Crippen LogP contribution in [0, 0.1) is 0 Å². The lowest BCUT2D eigenvalue weighted by atomic mass is 10.1. The van der Waals surface area contributed by atoms with E-state index in [1.165, 1.54) is 37.7 Å². The van der Waals surface area contributed by atoms with Crippen LogP contribution < -0.4 is 5.32 Å². The zero-order valence-corrected chi connectivity index (χ0v) is 12.3. The highest BCUT2D eigenvalue weighted by Gasteiger charge is 2.03. The molecule has 0 aliphatic rings. The number of unbranched alkanes of at least 4 members (excludes halogenated alkanes) is 5. The Morgan fingerprint density at radius 3 is 2.42 bits per heavy atom. The van der Waals surface area contributed by atoms with Crippen LogP contribution in [0.3, 0.4) is 0 Å². The van der Waals surface area contributed by atoms with Gasteiger partial charge in [-0.15, -0.1) is 0 Å². The summed E-state index contributed by atoms with van der Waals surface area (Å²) in [5, 5.41) is 13.2. The molecular formula is C17H29NO. The third-order valence-corrected chi connectivity index (χ3v) is 3.44. The van der Waals surface area contributed by atoms with Gasteiger partial charge in [0.15, 0.2) is 0 Å². The van der Waals surface area contributed by atoms with Crippen LogP contribution in [-0.2, 0) is 6.54 Å². The minimum atomic E-state index is -0.199. The Kier molecular flexibility index (Phi) is 9.38. The second kappa shape index (κ2) is 11.0. The van der Waals surface area contributed by atoms with Gasteiger partial charge >= 0.3 is 0 Å². The molecule has 0 saturated carbocycles. The molecule has 0 spiro atoms. The average Bonchev–Trinajstić information content (AvgIpc) is 2.44. The summed E-state index contributed by atoms with van der Waals surface area (Å²) in [5.41, 5.74) is 1.27. The predicted molar refractivity (Wildman–Crippen MR) is 82.1 cm³/mol. The van der Waals surface area contributed by atoms with E-state index in [1.54, 1.807) is 0 Å². The third kappa shape index (κ3) is 8.79. The highest BCUT2D eigenvalue weighted by Crippen LogP contribution is 2.08. The topological polar surface area (TPSA) is 32.3 Å². The molecule has 0 unspecified atom stereocenters. The molecule has 1 rings (SSSR count). The van der Waals surface area contributed by atoms with Crippen LogP contribution in [-0.4, -0.2) is 17.8 Å². The van der Waals surface area contributed by atoms with Crippen LogP contribution in [0.1, 0.15) is 57.4 Å². The Morgan fingerprint density at radius 1 is 1.00 bits per heavy atom. The molecule has 0 aliphatic heterocycles. The number of nitrogens with one attached hydrogen (secondary N) is 1. The molecule has 0 aliphatic carbocycles. The standard InChI is InChI=1S/C17H29NO/c1-2-3-4-5-6-10-13-17(19)15-18-14-16-11-8-7-9-12-16/h7-9,11-12,17-19H,2-6,10,13-15H2,1H3/t17-/m0/s1. The molecule has 1 aromatic rings. The van der Waals surface area contributed by atoms with E-state index in [4.69, 9.17) is 0 Å². The maximum atomic E-state index is 9.87. The smallest absolute Gasteiger partial charge is 0.0664 e. The molecule has 2 N–H and O–H groups in total. The van der Waals surface area contributed by atoms with Gasteiger partial charge in [-0.3, -0.25) is 0 Å². The second-order valence-corrected chi connectivity index (χ2v) is 5.33. The minimum Gasteiger partial charge on any atom is -0.392 e. The van der Waals surface area contributed by atoms with E-state index < -0.39 is 0 Å². The molecule has 0 fully saturated rings. The largest absolute Gasteiger partial charge is 0.392 e. The molecule has 2 heteroatoms. The van der Waals surface area contributed by atoms with Crippen LogP contribution in [0.25, 0.3) is 0 Å². The van der Waals surface area contributed by atoms with Crippen LogP contribution in [0.4, 0.5) is 0 Å². The Bertz CT molecular complexity index is 299. The van der Waals surface area contributed by atoms with Gasteiger partial charge in [0.2, 0.25) is 0 Å². The van der Waals surface area contributed by atoms with E-state index in [2.05, 4.69) is 24.4 Å². The van der Waals surface area contributed by atoms with Gasteiger partial charge < -0.3 is 10.4 Å². The Morgan fingerprint density at radius 2 is 1.68 bits per heavy atom. The Balaban J connectivity index is 1.94. The van der Waals surface area contributed by atoms with Crippen LogP contribution >= 0.6 is 0 Å². The van der Waals surface area contributed by atoms with Gasteiger partial charge in [-0.1, -0.05) is 75.8 Å². The van der Waals surface area contributed by atoms with E-state index in [9.17, 15) is 5.11 Å². The molecular weight excluding hydrogens is 234 g/mol. The van der Waals surface area contributed by atoms with Crippen molar-refractivity contribution in [3.8, 4) is 0 Å². The average molecular weight is 263 g/mol. The van der Waals surface area contributed by atoms with Crippen LogP contribution in [0.15, 0.2) is 30.3 Å². The normalized spacial score (nSPS) is 12.5. The number of rotatable bonds is 11. The molecule has 0 radical (unpaired) electrons. The SMILES string of the molecule is CCCCCCCC[C@H](O)CNCc1ccccc1. The summed E-state index contributed by atoms with van der Waals surface area (Å²) in [6.45, 7) is 3.78. The molecule has 0 bridgehead atoms. The van der Waals surface area contributed by atoms with Gasteiger partial charge in [0.1, 0.15) is 0 Å². The molecule has 19 heavy (non-hydrogen) atoms. The van der Waals surface area contributed by atoms with Crippen molar-refractivity contribution in [2.24, 2.45) is 0 Å². The van der Waals surface area contributed by atoms with Gasteiger partial charge in [0.25, 0.3) is 0 Å². The van der Waals surface area contributed by atoms with Gasteiger partial charge in [-0.25, -0.2) is 0 Å². The number of aliphatic hydroxyl groups excluding tert-OH is 1. The summed E-state index contributed by atoms with van der Waals surface area (Å²) in [6.07, 6.45) is 8.45. The quantitative estimate of drug-likeness (QED) is 0.594. The van der Waals surface area contributed by atoms with Gasteiger partial charge in [0, 0.05) is 13.1 Å². The summed E-state index contributed by atoms with van der Waals surface area (Å²) in [6, 6.07) is 10.3. The van der Waals surface area contributed by atoms with Crippen molar-refractivity contribution >= 4 is 0 Å². The van der Waals surface area contributed by atoms with Crippen molar-refractivity contribution in [2.75, 3.05) is 6.54 Å². The lowest BCUT2D eigenvalue weighted by Gasteiger charge is -2.11. The summed E-state index contributed by atoms with van der Waals surface area (Å²) in [7, 11) is 0. The summed E-state index contributed by atoms with van der Waals surface area (Å²) >= 11 is 0. The fourth-order valence-electron chi connectivity index (χ4n) is 2.24. The number of aliphatic hydroxyl groups is 1. The van der Waals surface area contributed by atoms with Crippen molar-refractivity contribution in [1.29, 1.82) is 0 Å². The first-order chi connectivity index (χ1) is 9.33. The lowest BCUT2D eigenvalue weighted by molar-refractivity contribution is 0.157. The highest BCUT2D eigenvalue weighted by atomic mass is 16.3. The first-order valence-electron chi connectivity index (χ1n) is 7.75. The molecule has 1 atom stereocenters. The van der Waals surface area contributed by atoms with Crippen molar-refractivity contribution in [1.82, 2.24) is 5.32 Å². The first kappa shape index (κ1) is 16.2. The van der Waals surface area contributed by atoms with E-state index in [0.29, 0.717) is 6.54 Å². The fraction of sp³-hybridized carbons (Fsp3) is 0.647. The molecule has 108 valence electrons. The summed E-state index contributed by atoms with van der Waals surface area (Å²) in [4.78, 5) is 0. The molecule has 0 amide bonds. The van der Waals surface area contributed by atoms with E-state index in [1.807, 2.05) is 18.2 Å². The van der Waals surface area contributed by atoms with Gasteiger partial charge in [0.05, 0.1) is 6.10 Å². The Labute approximate surface area is 118 Å². The zero-order chi connectivity index (χ0) is 13.8. The van der Waals surface area contributed by atoms with Gasteiger partial charge in [-0.05, 0) is 12.0 Å². The third-order valence-electron chi connectivity index (χ3n) is 3.44. The first-order valence-corrected chi connectivity index (χ1v) is 7.75. The fourth-order valence-corrected chi connectivity index (χ4v) is 2.24. The van der Waals surface area contributed by atoms with E-state index in [0.717, 1.165) is 19.4 Å². The zero-order valence-electron chi connectivity index (χ0n) is 12.3.